The highest BCUT2D eigenvalue weighted by Gasteiger charge is 2.20. The minimum atomic E-state index is -2.52. The third-order valence-electron chi connectivity index (χ3n) is 2.82. The standard InChI is InChI=1S/C12H21F2N5O/c1-7(2)10-16-11(18-15)8(3)12(17-10)19(4-5-20)6-9(13)14/h7,9,20H,4-6,15H2,1-3H3,(H,16,17,18). The summed E-state index contributed by atoms with van der Waals surface area (Å²) in [5, 5.41) is 9.04. The van der Waals surface area contributed by atoms with Gasteiger partial charge in [0.2, 0.25) is 0 Å². The Morgan fingerprint density at radius 3 is 2.45 bits per heavy atom. The van der Waals surface area contributed by atoms with Gasteiger partial charge in [-0.3, -0.25) is 0 Å². The van der Waals surface area contributed by atoms with E-state index in [2.05, 4.69) is 15.4 Å². The molecule has 1 aromatic rings. The van der Waals surface area contributed by atoms with Crippen LogP contribution >= 0.6 is 0 Å². The van der Waals surface area contributed by atoms with Crippen molar-refractivity contribution in [3.8, 4) is 0 Å². The van der Waals surface area contributed by atoms with Crippen LogP contribution in [0.2, 0.25) is 0 Å². The van der Waals surface area contributed by atoms with Crippen LogP contribution in [-0.4, -0.2) is 41.2 Å². The van der Waals surface area contributed by atoms with Crippen LogP contribution in [0.15, 0.2) is 0 Å². The quantitative estimate of drug-likeness (QED) is 0.517. The van der Waals surface area contributed by atoms with Gasteiger partial charge in [-0.2, -0.15) is 0 Å². The number of alkyl halides is 2. The first-order chi connectivity index (χ1) is 9.40. The molecule has 0 aromatic carbocycles. The molecule has 0 fully saturated rings. The number of aliphatic hydroxyl groups is 1. The SMILES string of the molecule is Cc1c(NN)nc(C(C)C)nc1N(CCO)CC(F)F. The number of nitrogens with one attached hydrogen (secondary N) is 1. The van der Waals surface area contributed by atoms with Crippen LogP contribution in [-0.2, 0) is 0 Å². The van der Waals surface area contributed by atoms with Crippen LogP contribution in [0.25, 0.3) is 0 Å². The molecule has 0 spiro atoms. The number of nitrogens with two attached hydrogens (primary N) is 1. The molecule has 6 nitrogen and oxygen atoms in total. The average molecular weight is 289 g/mol. The van der Waals surface area contributed by atoms with E-state index in [1.165, 1.54) is 4.90 Å². The second-order valence-corrected chi connectivity index (χ2v) is 4.74. The van der Waals surface area contributed by atoms with Crippen molar-refractivity contribution in [2.24, 2.45) is 5.84 Å². The second kappa shape index (κ2) is 7.30. The van der Waals surface area contributed by atoms with E-state index < -0.39 is 13.0 Å². The molecule has 0 saturated heterocycles. The zero-order chi connectivity index (χ0) is 15.3. The lowest BCUT2D eigenvalue weighted by molar-refractivity contribution is 0.152. The molecule has 0 amide bonds. The Balaban J connectivity index is 3.27. The molecule has 8 heteroatoms. The minimum Gasteiger partial charge on any atom is -0.395 e. The zero-order valence-corrected chi connectivity index (χ0v) is 11.9. The molecule has 20 heavy (non-hydrogen) atoms. The number of rotatable bonds is 7. The predicted octanol–water partition coefficient (Wildman–Crippen LogP) is 1.26. The third kappa shape index (κ3) is 3.97. The molecule has 0 aliphatic heterocycles. The lowest BCUT2D eigenvalue weighted by Gasteiger charge is -2.25. The van der Waals surface area contributed by atoms with Crippen molar-refractivity contribution in [2.45, 2.75) is 33.1 Å². The number of hydrazine groups is 1. The Kier molecular flexibility index (Phi) is 6.03. The molecule has 0 bridgehead atoms. The highest BCUT2D eigenvalue weighted by molar-refractivity contribution is 5.58. The summed E-state index contributed by atoms with van der Waals surface area (Å²) in [5.41, 5.74) is 3.03. The molecular weight excluding hydrogens is 268 g/mol. The smallest absolute Gasteiger partial charge is 0.255 e. The van der Waals surface area contributed by atoms with E-state index in [0.717, 1.165) is 0 Å². The van der Waals surface area contributed by atoms with Gasteiger partial charge in [0.05, 0.1) is 13.2 Å². The van der Waals surface area contributed by atoms with Gasteiger partial charge in [-0.25, -0.2) is 24.6 Å². The van der Waals surface area contributed by atoms with Crippen molar-refractivity contribution in [3.05, 3.63) is 11.4 Å². The maximum absolute atomic E-state index is 12.7. The fourth-order valence-corrected chi connectivity index (χ4v) is 1.80. The highest BCUT2D eigenvalue weighted by atomic mass is 19.3. The van der Waals surface area contributed by atoms with E-state index in [-0.39, 0.29) is 19.1 Å². The molecule has 0 radical (unpaired) electrons. The summed E-state index contributed by atoms with van der Waals surface area (Å²) in [4.78, 5) is 9.92. The highest BCUT2D eigenvalue weighted by Crippen LogP contribution is 2.26. The summed E-state index contributed by atoms with van der Waals surface area (Å²) in [7, 11) is 0. The van der Waals surface area contributed by atoms with Crippen molar-refractivity contribution in [1.82, 2.24) is 9.97 Å². The van der Waals surface area contributed by atoms with E-state index >= 15 is 0 Å². The van der Waals surface area contributed by atoms with E-state index in [1.807, 2.05) is 13.8 Å². The van der Waals surface area contributed by atoms with Gasteiger partial charge >= 0.3 is 0 Å². The van der Waals surface area contributed by atoms with Crippen LogP contribution in [0.1, 0.15) is 31.2 Å². The van der Waals surface area contributed by atoms with Gasteiger partial charge < -0.3 is 15.4 Å². The maximum atomic E-state index is 12.7. The van der Waals surface area contributed by atoms with Crippen molar-refractivity contribution < 1.29 is 13.9 Å². The van der Waals surface area contributed by atoms with E-state index in [0.29, 0.717) is 23.0 Å². The monoisotopic (exact) mass is 289 g/mol. The molecule has 0 unspecified atom stereocenters. The topological polar surface area (TPSA) is 87.3 Å². The van der Waals surface area contributed by atoms with Gasteiger partial charge in [-0.1, -0.05) is 13.8 Å². The molecule has 0 aliphatic rings. The fraction of sp³-hybridized carbons (Fsp3) is 0.667. The Morgan fingerprint density at radius 1 is 1.35 bits per heavy atom. The molecule has 1 aromatic heterocycles. The van der Waals surface area contributed by atoms with Crippen molar-refractivity contribution in [2.75, 3.05) is 30.0 Å². The number of aromatic nitrogens is 2. The van der Waals surface area contributed by atoms with Gasteiger partial charge in [-0.15, -0.1) is 0 Å². The Hall–Kier alpha value is -1.54. The normalized spacial score (nSPS) is 11.2. The maximum Gasteiger partial charge on any atom is 0.255 e. The largest absolute Gasteiger partial charge is 0.395 e. The first-order valence-electron chi connectivity index (χ1n) is 6.39. The fourth-order valence-electron chi connectivity index (χ4n) is 1.80. The molecule has 0 aliphatic carbocycles. The lowest BCUT2D eigenvalue weighted by Crippen LogP contribution is -2.33. The van der Waals surface area contributed by atoms with Gasteiger partial charge in [0, 0.05) is 18.0 Å². The van der Waals surface area contributed by atoms with Gasteiger partial charge in [0.25, 0.3) is 6.43 Å². The van der Waals surface area contributed by atoms with Crippen LogP contribution < -0.4 is 16.2 Å². The molecule has 0 atom stereocenters. The average Bonchev–Trinajstić information content (AvgIpc) is 2.37. The van der Waals surface area contributed by atoms with Crippen LogP contribution in [0, 0.1) is 6.92 Å². The summed E-state index contributed by atoms with van der Waals surface area (Å²) in [6.07, 6.45) is -2.52. The van der Waals surface area contributed by atoms with E-state index in [4.69, 9.17) is 10.9 Å². The molecule has 1 rings (SSSR count). The van der Waals surface area contributed by atoms with Crippen molar-refractivity contribution in [3.63, 3.8) is 0 Å². The van der Waals surface area contributed by atoms with Gasteiger partial charge in [-0.05, 0) is 6.92 Å². The summed E-state index contributed by atoms with van der Waals surface area (Å²) in [5.74, 6) is 6.71. The predicted molar refractivity (Wildman–Crippen MR) is 74.0 cm³/mol. The van der Waals surface area contributed by atoms with Gasteiger partial charge in [0.1, 0.15) is 17.5 Å². The molecular formula is C12H21F2N5O. The summed E-state index contributed by atoms with van der Waals surface area (Å²) >= 11 is 0. The third-order valence-corrected chi connectivity index (χ3v) is 2.82. The van der Waals surface area contributed by atoms with Crippen molar-refractivity contribution >= 4 is 11.6 Å². The Bertz CT molecular complexity index is 442. The summed E-state index contributed by atoms with van der Waals surface area (Å²) < 4.78 is 25.3. The van der Waals surface area contributed by atoms with Gasteiger partial charge in [0.15, 0.2) is 0 Å². The first-order valence-corrected chi connectivity index (χ1v) is 6.39. The van der Waals surface area contributed by atoms with Crippen LogP contribution in [0.3, 0.4) is 0 Å². The molecule has 4 N–H and O–H groups in total. The Labute approximate surface area is 117 Å². The number of nitrogen functional groups attached to an aromatic ring is 1. The van der Waals surface area contributed by atoms with E-state index in [1.54, 1.807) is 6.92 Å². The number of aliphatic hydroxyl groups excluding tert-OH is 1. The molecule has 0 saturated carbocycles. The number of hydrogen-bond acceptors (Lipinski definition) is 6. The van der Waals surface area contributed by atoms with Crippen molar-refractivity contribution in [1.29, 1.82) is 0 Å². The number of nitrogens with zero attached hydrogens (tertiary/aromatic N) is 3. The first kappa shape index (κ1) is 16.5. The second-order valence-electron chi connectivity index (χ2n) is 4.74. The molecule has 114 valence electrons. The lowest BCUT2D eigenvalue weighted by atomic mass is 10.2. The number of anilines is 2. The minimum absolute atomic E-state index is 0.0315. The van der Waals surface area contributed by atoms with Crippen LogP contribution in [0.4, 0.5) is 20.4 Å². The summed E-state index contributed by atoms with van der Waals surface area (Å²) in [6, 6.07) is 0. The molecule has 1 heterocycles. The van der Waals surface area contributed by atoms with E-state index in [9.17, 15) is 8.78 Å². The van der Waals surface area contributed by atoms with Crippen LogP contribution in [0.5, 0.6) is 0 Å². The summed E-state index contributed by atoms with van der Waals surface area (Å²) in [6.45, 7) is 4.84. The number of halogens is 2. The number of hydrogen-bond donors (Lipinski definition) is 3. The zero-order valence-electron chi connectivity index (χ0n) is 11.9. The Morgan fingerprint density at radius 2 is 2.00 bits per heavy atom.